The molecule has 1 heterocycles. The number of nitrogens with one attached hydrogen (secondary N) is 1. The highest BCUT2D eigenvalue weighted by molar-refractivity contribution is 7.89. The molecule has 108 valence electrons. The zero-order valence-electron chi connectivity index (χ0n) is 11.0. The number of thiophene rings is 1. The van der Waals surface area contributed by atoms with Crippen molar-refractivity contribution in [2.45, 2.75) is 31.3 Å². The molecular formula is C11H17NO5S2. The lowest BCUT2D eigenvalue weighted by atomic mass is 10.3. The Morgan fingerprint density at radius 3 is 2.74 bits per heavy atom. The number of rotatable bonds is 6. The Hall–Kier alpha value is -0.960. The molecule has 0 spiro atoms. The van der Waals surface area contributed by atoms with Gasteiger partial charge in [-0.25, -0.2) is 17.9 Å². The number of ether oxygens (including phenoxy) is 1. The number of hydrogen-bond acceptors (Lipinski definition) is 6. The lowest BCUT2D eigenvalue weighted by Crippen LogP contribution is -2.32. The number of hydrogen-bond donors (Lipinski definition) is 2. The third-order valence-corrected chi connectivity index (χ3v) is 5.36. The summed E-state index contributed by atoms with van der Waals surface area (Å²) >= 11 is 1.02. The van der Waals surface area contributed by atoms with E-state index < -0.39 is 22.1 Å². The van der Waals surface area contributed by atoms with E-state index in [0.717, 1.165) is 11.3 Å². The second kappa shape index (κ2) is 6.47. The standard InChI is InChI=1S/C11H17NO5S2/c1-4-8(13)5-12-19(15,16)10-7(2)6-18-9(10)11(14)17-3/h6,8,12-13H,4-5H2,1-3H3. The number of aryl methyl sites for hydroxylation is 1. The molecule has 1 unspecified atom stereocenters. The lowest BCUT2D eigenvalue weighted by Gasteiger charge is -2.11. The van der Waals surface area contributed by atoms with E-state index in [0.29, 0.717) is 12.0 Å². The van der Waals surface area contributed by atoms with Gasteiger partial charge in [0.05, 0.1) is 13.2 Å². The molecule has 0 aliphatic carbocycles. The summed E-state index contributed by atoms with van der Waals surface area (Å²) in [5.74, 6) is -0.686. The first kappa shape index (κ1) is 16.1. The van der Waals surface area contributed by atoms with Crippen LogP contribution in [0, 0.1) is 6.92 Å². The van der Waals surface area contributed by atoms with Crippen LogP contribution in [0.15, 0.2) is 10.3 Å². The first-order valence-electron chi connectivity index (χ1n) is 5.67. The molecule has 0 aromatic carbocycles. The van der Waals surface area contributed by atoms with E-state index in [1.807, 2.05) is 0 Å². The number of carbonyl (C=O) groups excluding carboxylic acids is 1. The normalized spacial score (nSPS) is 13.3. The molecule has 19 heavy (non-hydrogen) atoms. The zero-order valence-corrected chi connectivity index (χ0v) is 12.6. The number of methoxy groups -OCH3 is 1. The van der Waals surface area contributed by atoms with E-state index in [-0.39, 0.29) is 16.3 Å². The second-order valence-corrected chi connectivity index (χ2v) is 6.57. The number of aliphatic hydroxyl groups is 1. The van der Waals surface area contributed by atoms with E-state index in [1.165, 1.54) is 7.11 Å². The van der Waals surface area contributed by atoms with Gasteiger partial charge < -0.3 is 9.84 Å². The van der Waals surface area contributed by atoms with E-state index in [1.54, 1.807) is 19.2 Å². The predicted octanol–water partition coefficient (Wildman–Crippen LogP) is 0.892. The smallest absolute Gasteiger partial charge is 0.349 e. The van der Waals surface area contributed by atoms with Crippen molar-refractivity contribution in [3.05, 3.63) is 15.8 Å². The highest BCUT2D eigenvalue weighted by Crippen LogP contribution is 2.27. The number of carbonyl (C=O) groups is 1. The summed E-state index contributed by atoms with van der Waals surface area (Å²) in [6, 6.07) is 0. The Labute approximate surface area is 116 Å². The highest BCUT2D eigenvalue weighted by Gasteiger charge is 2.27. The molecule has 0 saturated heterocycles. The van der Waals surface area contributed by atoms with Crippen LogP contribution in [0.2, 0.25) is 0 Å². The van der Waals surface area contributed by atoms with Crippen LogP contribution in [0.3, 0.4) is 0 Å². The summed E-state index contributed by atoms with van der Waals surface area (Å²) in [7, 11) is -2.64. The van der Waals surface area contributed by atoms with Crippen molar-refractivity contribution in [3.63, 3.8) is 0 Å². The second-order valence-electron chi connectivity index (χ2n) is 3.98. The van der Waals surface area contributed by atoms with Gasteiger partial charge in [-0.2, -0.15) is 0 Å². The van der Waals surface area contributed by atoms with Crippen molar-refractivity contribution in [2.24, 2.45) is 0 Å². The molecule has 0 aliphatic heterocycles. The predicted molar refractivity (Wildman–Crippen MR) is 71.9 cm³/mol. The third kappa shape index (κ3) is 3.75. The van der Waals surface area contributed by atoms with Crippen molar-refractivity contribution in [2.75, 3.05) is 13.7 Å². The molecule has 1 atom stereocenters. The van der Waals surface area contributed by atoms with Gasteiger partial charge in [0.25, 0.3) is 0 Å². The Morgan fingerprint density at radius 1 is 1.58 bits per heavy atom. The molecule has 1 rings (SSSR count). The monoisotopic (exact) mass is 307 g/mol. The van der Waals surface area contributed by atoms with Gasteiger partial charge in [-0.1, -0.05) is 6.92 Å². The lowest BCUT2D eigenvalue weighted by molar-refractivity contribution is 0.0602. The molecule has 2 N–H and O–H groups in total. The summed E-state index contributed by atoms with van der Waals surface area (Å²) in [6.07, 6.45) is -0.315. The topological polar surface area (TPSA) is 92.7 Å². The van der Waals surface area contributed by atoms with Gasteiger partial charge in [-0.15, -0.1) is 11.3 Å². The molecule has 6 nitrogen and oxygen atoms in total. The van der Waals surface area contributed by atoms with Gasteiger partial charge in [0.1, 0.15) is 9.77 Å². The van der Waals surface area contributed by atoms with Crippen LogP contribution >= 0.6 is 11.3 Å². The molecule has 0 radical (unpaired) electrons. The molecule has 1 aromatic rings. The Balaban J connectivity index is 3.07. The van der Waals surface area contributed by atoms with E-state index >= 15 is 0 Å². The van der Waals surface area contributed by atoms with Crippen molar-refractivity contribution in [3.8, 4) is 0 Å². The SMILES string of the molecule is CCC(O)CNS(=O)(=O)c1c(C)csc1C(=O)OC. The van der Waals surface area contributed by atoms with E-state index in [2.05, 4.69) is 9.46 Å². The van der Waals surface area contributed by atoms with Crippen LogP contribution in [0.4, 0.5) is 0 Å². The minimum absolute atomic E-state index is 0.0403. The zero-order chi connectivity index (χ0) is 14.6. The average molecular weight is 307 g/mol. The van der Waals surface area contributed by atoms with Gasteiger partial charge in [0, 0.05) is 6.54 Å². The fraction of sp³-hybridized carbons (Fsp3) is 0.545. The summed E-state index contributed by atoms with van der Waals surface area (Å²) < 4.78 is 31.2. The average Bonchev–Trinajstić information content (AvgIpc) is 2.77. The molecule has 0 saturated carbocycles. The number of esters is 1. The van der Waals surface area contributed by atoms with Gasteiger partial charge in [0.2, 0.25) is 10.0 Å². The van der Waals surface area contributed by atoms with Gasteiger partial charge in [-0.05, 0) is 24.3 Å². The molecule has 1 aromatic heterocycles. The van der Waals surface area contributed by atoms with E-state index in [9.17, 15) is 18.3 Å². The summed E-state index contributed by atoms with van der Waals surface area (Å²) in [5, 5.41) is 11.0. The fourth-order valence-corrected chi connectivity index (χ4v) is 4.20. The number of aliphatic hydroxyl groups excluding tert-OH is 1. The Bertz CT molecular complexity index is 549. The third-order valence-electron chi connectivity index (χ3n) is 2.54. The quantitative estimate of drug-likeness (QED) is 0.762. The first-order chi connectivity index (χ1) is 8.83. The molecule has 8 heteroatoms. The molecule has 0 fully saturated rings. The Kier molecular flexibility index (Phi) is 5.48. The van der Waals surface area contributed by atoms with Gasteiger partial charge >= 0.3 is 5.97 Å². The number of sulfonamides is 1. The van der Waals surface area contributed by atoms with Crippen LogP contribution in [0.5, 0.6) is 0 Å². The van der Waals surface area contributed by atoms with Crippen molar-refractivity contribution in [1.82, 2.24) is 4.72 Å². The highest BCUT2D eigenvalue weighted by atomic mass is 32.2. The van der Waals surface area contributed by atoms with E-state index in [4.69, 9.17) is 0 Å². The molecular weight excluding hydrogens is 290 g/mol. The maximum absolute atomic E-state index is 12.2. The largest absolute Gasteiger partial charge is 0.465 e. The maximum atomic E-state index is 12.2. The van der Waals surface area contributed by atoms with Crippen molar-refractivity contribution in [1.29, 1.82) is 0 Å². The van der Waals surface area contributed by atoms with Gasteiger partial charge in [-0.3, -0.25) is 0 Å². The Morgan fingerprint density at radius 2 is 2.21 bits per heavy atom. The van der Waals surface area contributed by atoms with Crippen LogP contribution < -0.4 is 4.72 Å². The minimum atomic E-state index is -3.84. The van der Waals surface area contributed by atoms with Crippen LogP contribution in [-0.2, 0) is 14.8 Å². The summed E-state index contributed by atoms with van der Waals surface area (Å²) in [6.45, 7) is 3.26. The maximum Gasteiger partial charge on any atom is 0.349 e. The van der Waals surface area contributed by atoms with Crippen LogP contribution in [0.1, 0.15) is 28.6 Å². The van der Waals surface area contributed by atoms with Gasteiger partial charge in [0.15, 0.2) is 0 Å². The van der Waals surface area contributed by atoms with Crippen molar-refractivity contribution < 1.29 is 23.1 Å². The molecule has 0 aliphatic rings. The van der Waals surface area contributed by atoms with Crippen LogP contribution in [0.25, 0.3) is 0 Å². The minimum Gasteiger partial charge on any atom is -0.465 e. The molecule has 0 bridgehead atoms. The molecule has 0 amide bonds. The van der Waals surface area contributed by atoms with Crippen LogP contribution in [-0.4, -0.2) is 39.3 Å². The first-order valence-corrected chi connectivity index (χ1v) is 8.03. The summed E-state index contributed by atoms with van der Waals surface area (Å²) in [4.78, 5) is 11.5. The fourth-order valence-electron chi connectivity index (χ4n) is 1.42. The van der Waals surface area contributed by atoms with Crippen molar-refractivity contribution >= 4 is 27.3 Å². The summed E-state index contributed by atoms with van der Waals surface area (Å²) in [5.41, 5.74) is 0.476.